The first-order chi connectivity index (χ1) is 9.04. The van der Waals surface area contributed by atoms with Crippen LogP contribution < -0.4 is 0 Å². The van der Waals surface area contributed by atoms with Crippen molar-refractivity contribution in [3.63, 3.8) is 0 Å². The van der Waals surface area contributed by atoms with Gasteiger partial charge < -0.3 is 10.1 Å². The molecule has 1 heterocycles. The van der Waals surface area contributed by atoms with Crippen LogP contribution in [0.2, 0.25) is 0 Å². The zero-order valence-corrected chi connectivity index (χ0v) is 12.7. The molecular formula is C11H19N3O5S. The van der Waals surface area contributed by atoms with Crippen LogP contribution in [-0.4, -0.2) is 33.2 Å². The van der Waals surface area contributed by atoms with Gasteiger partial charge in [0.05, 0.1) is 0 Å². The molecule has 0 spiro atoms. The third-order valence-corrected chi connectivity index (χ3v) is 3.50. The molecule has 0 fully saturated rings. The third kappa shape index (κ3) is 3.76. The van der Waals surface area contributed by atoms with Crippen molar-refractivity contribution in [1.82, 2.24) is 9.55 Å². The molecule has 1 aromatic rings. The van der Waals surface area contributed by atoms with Gasteiger partial charge in [-0.3, -0.25) is 4.55 Å². The topological polar surface area (TPSA) is 115 Å². The van der Waals surface area contributed by atoms with E-state index in [1.54, 1.807) is 13.8 Å². The summed E-state index contributed by atoms with van der Waals surface area (Å²) in [5.74, 6) is -0.583. The SMILES string of the molecule is CC(C)c1nc(C(C)C)n(CCS(=O)(=O)O)c1[N+](=O)[O-]. The van der Waals surface area contributed by atoms with Crippen molar-refractivity contribution in [2.75, 3.05) is 5.75 Å². The summed E-state index contributed by atoms with van der Waals surface area (Å²) in [6.07, 6.45) is 0. The lowest BCUT2D eigenvalue weighted by Gasteiger charge is -2.06. The summed E-state index contributed by atoms with van der Waals surface area (Å²) in [6, 6.07) is 0. The molecule has 1 rings (SSSR count). The molecule has 9 heteroatoms. The maximum Gasteiger partial charge on any atom is 0.346 e. The molecule has 0 aliphatic carbocycles. The summed E-state index contributed by atoms with van der Waals surface area (Å²) in [7, 11) is -4.19. The Balaban J connectivity index is 3.40. The van der Waals surface area contributed by atoms with Crippen LogP contribution in [0.1, 0.15) is 51.0 Å². The van der Waals surface area contributed by atoms with E-state index in [1.165, 1.54) is 4.57 Å². The first-order valence-electron chi connectivity index (χ1n) is 6.24. The standard InChI is InChI=1S/C11H19N3O5S/c1-7(2)9-11(14(15)16)13(5-6-20(17,18)19)10(12-9)8(3)4/h7-8H,5-6H2,1-4H3,(H,17,18,19). The summed E-state index contributed by atoms with van der Waals surface area (Å²) in [4.78, 5) is 15.0. The van der Waals surface area contributed by atoms with E-state index in [-0.39, 0.29) is 24.2 Å². The van der Waals surface area contributed by atoms with Gasteiger partial charge in [-0.25, -0.2) is 9.55 Å². The molecule has 0 aliphatic heterocycles. The highest BCUT2D eigenvalue weighted by Crippen LogP contribution is 2.30. The summed E-state index contributed by atoms with van der Waals surface area (Å²) in [5, 5.41) is 11.2. The van der Waals surface area contributed by atoms with Gasteiger partial charge in [0.2, 0.25) is 0 Å². The maximum atomic E-state index is 11.2. The predicted octanol–water partition coefficient (Wildman–Crippen LogP) is 1.93. The van der Waals surface area contributed by atoms with E-state index in [0.717, 1.165) is 0 Å². The van der Waals surface area contributed by atoms with E-state index in [1.807, 2.05) is 13.8 Å². The number of rotatable bonds is 6. The smallest absolute Gasteiger partial charge is 0.346 e. The second-order valence-corrected chi connectivity index (χ2v) is 6.76. The Hall–Kier alpha value is -1.48. The van der Waals surface area contributed by atoms with E-state index in [2.05, 4.69) is 4.98 Å². The molecule has 0 aromatic carbocycles. The molecule has 0 aliphatic rings. The van der Waals surface area contributed by atoms with Crippen LogP contribution in [0.4, 0.5) is 5.82 Å². The van der Waals surface area contributed by atoms with Crippen molar-refractivity contribution >= 4 is 15.9 Å². The van der Waals surface area contributed by atoms with Gasteiger partial charge in [-0.1, -0.05) is 27.7 Å². The number of hydrogen-bond acceptors (Lipinski definition) is 5. The van der Waals surface area contributed by atoms with Gasteiger partial charge in [0.1, 0.15) is 18.0 Å². The fourth-order valence-electron chi connectivity index (χ4n) is 1.93. The molecule has 0 saturated carbocycles. The van der Waals surface area contributed by atoms with Crippen molar-refractivity contribution in [2.45, 2.75) is 46.1 Å². The second kappa shape index (κ2) is 5.88. The van der Waals surface area contributed by atoms with Crippen LogP contribution >= 0.6 is 0 Å². The monoisotopic (exact) mass is 305 g/mol. The Morgan fingerprint density at radius 2 is 1.85 bits per heavy atom. The molecule has 0 bridgehead atoms. The third-order valence-electron chi connectivity index (χ3n) is 2.81. The predicted molar refractivity (Wildman–Crippen MR) is 73.5 cm³/mol. The second-order valence-electron chi connectivity index (χ2n) is 5.18. The highest BCUT2D eigenvalue weighted by molar-refractivity contribution is 7.85. The van der Waals surface area contributed by atoms with E-state index in [0.29, 0.717) is 11.5 Å². The summed E-state index contributed by atoms with van der Waals surface area (Å²) in [5.41, 5.74) is 0.328. The minimum Gasteiger partial charge on any atom is -0.358 e. The van der Waals surface area contributed by atoms with Crippen LogP contribution in [0, 0.1) is 10.1 Å². The zero-order chi connectivity index (χ0) is 15.7. The van der Waals surface area contributed by atoms with Gasteiger partial charge in [0.25, 0.3) is 10.1 Å². The normalized spacial score (nSPS) is 12.3. The molecule has 0 atom stereocenters. The Morgan fingerprint density at radius 1 is 1.30 bits per heavy atom. The summed E-state index contributed by atoms with van der Waals surface area (Å²) < 4.78 is 31.8. The van der Waals surface area contributed by atoms with Crippen LogP contribution in [0.15, 0.2) is 0 Å². The first kappa shape index (κ1) is 16.6. The Kier molecular flexibility index (Phi) is 4.87. The molecule has 1 N–H and O–H groups in total. The number of imidazole rings is 1. The Morgan fingerprint density at radius 3 is 2.20 bits per heavy atom. The van der Waals surface area contributed by atoms with Gasteiger partial charge in [0.15, 0.2) is 5.82 Å². The van der Waals surface area contributed by atoms with E-state index < -0.39 is 20.8 Å². The van der Waals surface area contributed by atoms with Gasteiger partial charge in [0, 0.05) is 11.8 Å². The molecule has 0 amide bonds. The summed E-state index contributed by atoms with van der Waals surface area (Å²) in [6.45, 7) is 7.02. The fraction of sp³-hybridized carbons (Fsp3) is 0.727. The van der Waals surface area contributed by atoms with Gasteiger partial charge in [-0.05, 0) is 4.92 Å². The fourth-order valence-corrected chi connectivity index (χ4v) is 2.34. The number of aromatic nitrogens is 2. The molecule has 0 unspecified atom stereocenters. The van der Waals surface area contributed by atoms with Gasteiger partial charge >= 0.3 is 5.82 Å². The first-order valence-corrected chi connectivity index (χ1v) is 7.85. The Bertz CT molecular complexity index is 604. The minimum absolute atomic E-state index is 0.0948. The lowest BCUT2D eigenvalue weighted by Crippen LogP contribution is -2.16. The average molecular weight is 305 g/mol. The molecular weight excluding hydrogens is 286 g/mol. The van der Waals surface area contributed by atoms with Crippen molar-refractivity contribution in [3.8, 4) is 0 Å². The van der Waals surface area contributed by atoms with Crippen molar-refractivity contribution in [1.29, 1.82) is 0 Å². The lowest BCUT2D eigenvalue weighted by molar-refractivity contribution is -0.393. The van der Waals surface area contributed by atoms with Crippen molar-refractivity contribution < 1.29 is 17.9 Å². The van der Waals surface area contributed by atoms with Crippen LogP contribution in [0.3, 0.4) is 0 Å². The van der Waals surface area contributed by atoms with Crippen LogP contribution in [0.25, 0.3) is 0 Å². The van der Waals surface area contributed by atoms with E-state index in [9.17, 15) is 18.5 Å². The molecule has 0 radical (unpaired) electrons. The molecule has 8 nitrogen and oxygen atoms in total. The lowest BCUT2D eigenvalue weighted by atomic mass is 10.1. The largest absolute Gasteiger partial charge is 0.358 e. The molecule has 1 aromatic heterocycles. The minimum atomic E-state index is -4.19. The molecule has 114 valence electrons. The van der Waals surface area contributed by atoms with Crippen LogP contribution in [-0.2, 0) is 16.7 Å². The number of nitrogens with zero attached hydrogens (tertiary/aromatic N) is 3. The highest BCUT2D eigenvalue weighted by atomic mass is 32.2. The number of nitro groups is 1. The van der Waals surface area contributed by atoms with Gasteiger partial charge in [-0.2, -0.15) is 8.42 Å². The molecule has 0 saturated heterocycles. The Labute approximate surface area is 117 Å². The van der Waals surface area contributed by atoms with Crippen molar-refractivity contribution in [2.24, 2.45) is 0 Å². The van der Waals surface area contributed by atoms with Gasteiger partial charge in [-0.15, -0.1) is 0 Å². The molecule has 20 heavy (non-hydrogen) atoms. The van der Waals surface area contributed by atoms with Crippen molar-refractivity contribution in [3.05, 3.63) is 21.6 Å². The number of hydrogen-bond donors (Lipinski definition) is 1. The quantitative estimate of drug-likeness (QED) is 0.487. The van der Waals surface area contributed by atoms with Crippen LogP contribution in [0.5, 0.6) is 0 Å². The van der Waals surface area contributed by atoms with E-state index >= 15 is 0 Å². The van der Waals surface area contributed by atoms with E-state index in [4.69, 9.17) is 4.55 Å². The highest BCUT2D eigenvalue weighted by Gasteiger charge is 2.30. The zero-order valence-electron chi connectivity index (χ0n) is 11.9. The average Bonchev–Trinajstić information content (AvgIpc) is 2.64. The maximum absolute atomic E-state index is 11.2. The summed E-state index contributed by atoms with van der Waals surface area (Å²) >= 11 is 0.